The zero-order chi connectivity index (χ0) is 5.91. The van der Waals surface area contributed by atoms with Crippen LogP contribution in [0.5, 0.6) is 0 Å². The summed E-state index contributed by atoms with van der Waals surface area (Å²) in [7, 11) is 6.16. The maximum absolute atomic E-state index is 8.39. The summed E-state index contributed by atoms with van der Waals surface area (Å²) in [5.41, 5.74) is 0. The molecule has 0 aromatic heterocycles. The van der Waals surface area contributed by atoms with Crippen LogP contribution in [0.15, 0.2) is 0 Å². The molecular weight excluding hydrogens is 127 g/mol. The molecule has 0 unspecified atom stereocenters. The molecule has 3 heteroatoms. The Kier molecular flexibility index (Phi) is 5.71. The molecule has 0 aliphatic rings. The van der Waals surface area contributed by atoms with E-state index < -0.39 is 0 Å². The normalized spacial score (nSPS) is 10.5. The van der Waals surface area contributed by atoms with Crippen LogP contribution in [-0.2, 0) is 0 Å². The number of aliphatic hydroxyl groups excluding tert-OH is 1. The van der Waals surface area contributed by atoms with Gasteiger partial charge in [-0.05, 0) is 0 Å². The molecule has 0 aliphatic heterocycles. The van der Waals surface area contributed by atoms with Crippen LogP contribution in [0, 0.1) is 0 Å². The number of hydrogen-bond acceptors (Lipinski definition) is 1. The van der Waals surface area contributed by atoms with Gasteiger partial charge in [-0.15, -0.1) is 0 Å². The van der Waals surface area contributed by atoms with Gasteiger partial charge in [-0.1, -0.05) is 0 Å². The predicted octanol–water partition coefficient (Wildman–Crippen LogP) is -3.31. The van der Waals surface area contributed by atoms with E-state index in [4.69, 9.17) is 5.11 Å². The first-order valence-electron chi connectivity index (χ1n) is 2.47. The predicted molar refractivity (Wildman–Crippen MR) is 30.0 cm³/mol. The van der Waals surface area contributed by atoms with Crippen LogP contribution in [-0.4, -0.2) is 43.9 Å². The van der Waals surface area contributed by atoms with Gasteiger partial charge in [0.2, 0.25) is 0 Å². The summed E-state index contributed by atoms with van der Waals surface area (Å²) in [5, 5.41) is 8.39. The molecule has 0 fully saturated rings. The molecule has 0 spiro atoms. The summed E-state index contributed by atoms with van der Waals surface area (Å²) < 4.78 is 0.844. The van der Waals surface area contributed by atoms with Crippen molar-refractivity contribution in [3.8, 4) is 0 Å². The summed E-state index contributed by atoms with van der Waals surface area (Å²) in [6.45, 7) is 1.11. The summed E-state index contributed by atoms with van der Waals surface area (Å²) in [6, 6.07) is 0. The van der Waals surface area contributed by atoms with Crippen LogP contribution in [0.4, 0.5) is 0 Å². The summed E-state index contributed by atoms with van der Waals surface area (Å²) in [6.07, 6.45) is 0. The van der Waals surface area contributed by atoms with E-state index in [9.17, 15) is 0 Å². The minimum Gasteiger partial charge on any atom is -1.00 e. The average molecular weight is 141 g/mol. The molecule has 0 amide bonds. The smallest absolute Gasteiger partial charge is 0.101 e. The van der Waals surface area contributed by atoms with Crippen molar-refractivity contribution in [2.75, 3.05) is 34.3 Å². The maximum Gasteiger partial charge on any atom is 0.101 e. The number of nitrogens with zero attached hydrogens (tertiary/aromatic N) is 1. The zero-order valence-electron chi connectivity index (χ0n) is 5.69. The van der Waals surface area contributed by atoms with Gasteiger partial charge in [-0.25, -0.2) is 0 Å². The minimum atomic E-state index is 0. The lowest BCUT2D eigenvalue weighted by atomic mass is 10.8. The number of likely N-dealkylation sites (N-methyl/N-ethyl adjacent to an activating group) is 1. The Morgan fingerprint density at radius 2 is 1.62 bits per heavy atom. The molecule has 8 heavy (non-hydrogen) atoms. The van der Waals surface area contributed by atoms with Gasteiger partial charge in [-0.2, -0.15) is 0 Å². The number of halogens is 1. The second kappa shape index (κ2) is 4.13. The molecule has 1 N–H and O–H groups in total. The number of rotatable bonds is 2. The molecule has 0 bridgehead atoms. The highest BCUT2D eigenvalue weighted by atomic mass is 35.5. The largest absolute Gasteiger partial charge is 1.00 e. The average Bonchev–Trinajstić information content (AvgIpc) is 1.30. The van der Waals surface area contributed by atoms with Crippen molar-refractivity contribution in [1.29, 1.82) is 0 Å². The molecule has 0 saturated carbocycles. The molecule has 0 aromatic carbocycles. The summed E-state index contributed by atoms with van der Waals surface area (Å²) in [4.78, 5) is 0. The van der Waals surface area contributed by atoms with E-state index in [0.29, 0.717) is 0 Å². The first-order chi connectivity index (χ1) is 3.06. The van der Waals surface area contributed by atoms with Gasteiger partial charge >= 0.3 is 0 Å². The topological polar surface area (TPSA) is 20.2 Å². The molecule has 0 aliphatic carbocycles. The van der Waals surface area contributed by atoms with Crippen LogP contribution in [0.3, 0.4) is 0 Å². The highest BCUT2D eigenvalue weighted by Gasteiger charge is 2.02. The molecule has 2 nitrogen and oxygen atoms in total. The van der Waals surface area contributed by atoms with Crippen molar-refractivity contribution in [2.24, 2.45) is 0 Å². The van der Waals surface area contributed by atoms with Gasteiger partial charge in [0.1, 0.15) is 6.54 Å². The fourth-order valence-electron chi connectivity index (χ4n) is 0.300. The maximum atomic E-state index is 8.39. The van der Waals surface area contributed by atoms with E-state index in [-0.39, 0.29) is 19.0 Å². The van der Waals surface area contributed by atoms with Crippen molar-refractivity contribution in [1.82, 2.24) is 0 Å². The van der Waals surface area contributed by atoms with E-state index in [2.05, 4.69) is 21.1 Å². The second-order valence-electron chi connectivity index (χ2n) is 2.74. The third kappa shape index (κ3) is 9.51. The Morgan fingerprint density at radius 1 is 1.25 bits per heavy atom. The van der Waals surface area contributed by atoms with Crippen LogP contribution < -0.4 is 12.4 Å². The molecule has 0 heterocycles. The van der Waals surface area contributed by atoms with Gasteiger partial charge in [0, 0.05) is 0 Å². The van der Waals surface area contributed by atoms with Gasteiger partial charge in [0.25, 0.3) is 0 Å². The van der Waals surface area contributed by atoms with E-state index in [0.717, 1.165) is 11.0 Å². The third-order valence-electron chi connectivity index (χ3n) is 0.771. The highest BCUT2D eigenvalue weighted by Crippen LogP contribution is 1.84. The van der Waals surface area contributed by atoms with Crippen LogP contribution in [0.25, 0.3) is 0 Å². The molecule has 0 saturated heterocycles. The van der Waals surface area contributed by atoms with Crippen LogP contribution in [0.2, 0.25) is 0 Å². The van der Waals surface area contributed by atoms with Crippen molar-refractivity contribution in [3.05, 3.63) is 0 Å². The fourth-order valence-corrected chi connectivity index (χ4v) is 0.300. The van der Waals surface area contributed by atoms with Crippen LogP contribution >= 0.6 is 0 Å². The Balaban J connectivity index is 0. The first-order valence-corrected chi connectivity index (χ1v) is 2.47. The van der Waals surface area contributed by atoms with Gasteiger partial charge < -0.3 is 22.0 Å². The summed E-state index contributed by atoms with van der Waals surface area (Å²) >= 11 is 0. The number of quaternary nitrogens is 1. The van der Waals surface area contributed by atoms with Crippen molar-refractivity contribution >= 4 is 0 Å². The van der Waals surface area contributed by atoms with E-state index >= 15 is 0 Å². The lowest BCUT2D eigenvalue weighted by Gasteiger charge is -2.21. The van der Waals surface area contributed by atoms with Crippen LogP contribution in [0.1, 0.15) is 0 Å². The van der Waals surface area contributed by atoms with Crippen molar-refractivity contribution < 1.29 is 22.0 Å². The molecule has 0 radical (unpaired) electrons. The Bertz CT molecular complexity index is 50.9. The number of aliphatic hydroxyl groups is 1. The lowest BCUT2D eigenvalue weighted by molar-refractivity contribution is -0.870. The van der Waals surface area contributed by atoms with Crippen molar-refractivity contribution in [2.45, 2.75) is 0 Å². The lowest BCUT2D eigenvalue weighted by Crippen LogP contribution is -3.00. The molecular formula is C5H14ClNO. The Labute approximate surface area is 57.1 Å². The van der Waals surface area contributed by atoms with Gasteiger partial charge in [0.05, 0.1) is 27.7 Å². The van der Waals surface area contributed by atoms with Gasteiger partial charge in [0.15, 0.2) is 0 Å². The molecule has 0 rings (SSSR count). The summed E-state index contributed by atoms with van der Waals surface area (Å²) in [5.74, 6) is 0. The zero-order valence-corrected chi connectivity index (χ0v) is 6.44. The Morgan fingerprint density at radius 3 is 1.62 bits per heavy atom. The third-order valence-corrected chi connectivity index (χ3v) is 0.771. The molecule has 0 atom stereocenters. The van der Waals surface area contributed by atoms with E-state index in [1.54, 1.807) is 0 Å². The van der Waals surface area contributed by atoms with Crippen molar-refractivity contribution in [3.63, 3.8) is 0 Å². The van der Waals surface area contributed by atoms with Gasteiger partial charge in [-0.3, -0.25) is 0 Å². The van der Waals surface area contributed by atoms with E-state index in [1.165, 1.54) is 0 Å². The Hall–Kier alpha value is 0.210. The second-order valence-corrected chi connectivity index (χ2v) is 2.74. The highest BCUT2D eigenvalue weighted by molar-refractivity contribution is 4.19. The SMILES string of the molecule is C[N+](C)(C)[13CH2]CO.[Cl-]. The monoisotopic (exact) mass is 140 g/mol. The fraction of sp³-hybridized carbons (Fsp3) is 1.00. The standard InChI is InChI=1S/C5H14NO.ClH/c1-6(2,3)4-5-7;/h7H,4-5H2,1-3H3;1H/q+1;/p-1/i4+1;. The molecule has 0 aromatic rings. The first kappa shape index (κ1) is 11.1. The quantitative estimate of drug-likeness (QED) is 0.315. The van der Waals surface area contributed by atoms with E-state index in [1.807, 2.05) is 0 Å². The minimum absolute atomic E-state index is 0. The molecule has 52 valence electrons. The number of hydrogen-bond donors (Lipinski definition) is 1.